The highest BCUT2D eigenvalue weighted by Gasteiger charge is 2.23. The number of rotatable bonds is 9. The van der Waals surface area contributed by atoms with Crippen LogP contribution in [0.15, 0.2) is 18.2 Å². The summed E-state index contributed by atoms with van der Waals surface area (Å²) in [5.41, 5.74) is 1.74. The first-order valence-electron chi connectivity index (χ1n) is 9.23. The molecule has 1 aromatic carbocycles. The van der Waals surface area contributed by atoms with Crippen molar-refractivity contribution in [3.8, 4) is 5.75 Å². The SMILES string of the molecule is COCCNC1C=C(OC)c2ccc(OCCN3CCOCC3)c(Cl)c2N1. The van der Waals surface area contributed by atoms with Crippen LogP contribution in [0.2, 0.25) is 5.02 Å². The summed E-state index contributed by atoms with van der Waals surface area (Å²) in [6.45, 7) is 6.24. The maximum Gasteiger partial charge on any atom is 0.140 e. The quantitative estimate of drug-likeness (QED) is 0.618. The summed E-state index contributed by atoms with van der Waals surface area (Å²) >= 11 is 6.64. The van der Waals surface area contributed by atoms with Crippen molar-refractivity contribution in [1.29, 1.82) is 0 Å². The van der Waals surface area contributed by atoms with Gasteiger partial charge in [-0.05, 0) is 18.2 Å². The number of anilines is 1. The van der Waals surface area contributed by atoms with Gasteiger partial charge in [0.1, 0.15) is 29.3 Å². The van der Waals surface area contributed by atoms with Crippen molar-refractivity contribution >= 4 is 23.0 Å². The van der Waals surface area contributed by atoms with E-state index in [4.69, 9.17) is 30.5 Å². The summed E-state index contributed by atoms with van der Waals surface area (Å²) in [7, 11) is 3.34. The highest BCUT2D eigenvalue weighted by molar-refractivity contribution is 6.35. The first kappa shape index (κ1) is 20.2. The lowest BCUT2D eigenvalue weighted by Gasteiger charge is -2.28. The molecule has 27 heavy (non-hydrogen) atoms. The van der Waals surface area contributed by atoms with E-state index < -0.39 is 0 Å². The van der Waals surface area contributed by atoms with Gasteiger partial charge in [0.25, 0.3) is 0 Å². The van der Waals surface area contributed by atoms with Crippen LogP contribution >= 0.6 is 11.6 Å². The molecule has 7 nitrogen and oxygen atoms in total. The minimum atomic E-state index is -0.0938. The zero-order chi connectivity index (χ0) is 19.1. The molecule has 0 aromatic heterocycles. The Morgan fingerprint density at radius 1 is 1.26 bits per heavy atom. The Bertz CT molecular complexity index is 650. The van der Waals surface area contributed by atoms with Crippen LogP contribution in [-0.4, -0.2) is 77.9 Å². The Hall–Kier alpha value is -1.51. The molecule has 0 radical (unpaired) electrons. The number of halogens is 1. The second kappa shape index (κ2) is 10.1. The van der Waals surface area contributed by atoms with Crippen LogP contribution in [0, 0.1) is 0 Å². The molecule has 1 fully saturated rings. The minimum absolute atomic E-state index is 0.0938. The first-order chi connectivity index (χ1) is 13.2. The van der Waals surface area contributed by atoms with Crippen LogP contribution in [0.1, 0.15) is 5.56 Å². The molecule has 3 rings (SSSR count). The van der Waals surface area contributed by atoms with Gasteiger partial charge in [-0.25, -0.2) is 0 Å². The molecular formula is C19H28ClN3O4. The van der Waals surface area contributed by atoms with E-state index in [2.05, 4.69) is 15.5 Å². The average molecular weight is 398 g/mol. The van der Waals surface area contributed by atoms with Crippen molar-refractivity contribution < 1.29 is 18.9 Å². The third-order valence-electron chi connectivity index (χ3n) is 4.65. The van der Waals surface area contributed by atoms with Crippen LogP contribution in [0.4, 0.5) is 5.69 Å². The average Bonchev–Trinajstić information content (AvgIpc) is 2.70. The van der Waals surface area contributed by atoms with Gasteiger partial charge in [0.15, 0.2) is 0 Å². The molecule has 1 saturated heterocycles. The number of ether oxygens (including phenoxy) is 4. The fourth-order valence-electron chi connectivity index (χ4n) is 3.17. The monoisotopic (exact) mass is 397 g/mol. The highest BCUT2D eigenvalue weighted by Crippen LogP contribution is 2.40. The van der Waals surface area contributed by atoms with E-state index in [0.717, 1.165) is 49.9 Å². The van der Waals surface area contributed by atoms with E-state index in [-0.39, 0.29) is 6.17 Å². The van der Waals surface area contributed by atoms with E-state index in [1.165, 1.54) is 0 Å². The predicted octanol–water partition coefficient (Wildman–Crippen LogP) is 2.03. The second-order valence-corrected chi connectivity index (χ2v) is 6.78. The third kappa shape index (κ3) is 5.27. The van der Waals surface area contributed by atoms with Crippen LogP contribution in [0.5, 0.6) is 5.75 Å². The molecule has 0 bridgehead atoms. The molecule has 1 atom stereocenters. The second-order valence-electron chi connectivity index (χ2n) is 6.41. The van der Waals surface area contributed by atoms with Gasteiger partial charge in [0, 0.05) is 38.9 Å². The smallest absolute Gasteiger partial charge is 0.140 e. The normalized spacial score (nSPS) is 19.8. The number of morpholine rings is 1. The Morgan fingerprint density at radius 3 is 2.81 bits per heavy atom. The van der Waals surface area contributed by atoms with Crippen LogP contribution < -0.4 is 15.4 Å². The maximum atomic E-state index is 6.64. The van der Waals surface area contributed by atoms with Gasteiger partial charge in [0.2, 0.25) is 0 Å². The van der Waals surface area contributed by atoms with Gasteiger partial charge in [-0.1, -0.05) is 11.6 Å². The molecule has 0 aliphatic carbocycles. The summed E-state index contributed by atoms with van der Waals surface area (Å²) in [6.07, 6.45) is 1.90. The number of benzene rings is 1. The Balaban J connectivity index is 1.65. The van der Waals surface area contributed by atoms with Crippen molar-refractivity contribution in [2.45, 2.75) is 6.17 Å². The lowest BCUT2D eigenvalue weighted by molar-refractivity contribution is 0.0322. The van der Waals surface area contributed by atoms with E-state index in [9.17, 15) is 0 Å². The van der Waals surface area contributed by atoms with Crippen molar-refractivity contribution in [3.63, 3.8) is 0 Å². The molecule has 8 heteroatoms. The minimum Gasteiger partial charge on any atom is -0.496 e. The fourth-order valence-corrected chi connectivity index (χ4v) is 3.44. The van der Waals surface area contributed by atoms with Crippen molar-refractivity contribution in [3.05, 3.63) is 28.8 Å². The lowest BCUT2D eigenvalue weighted by atomic mass is 10.1. The van der Waals surface area contributed by atoms with Crippen LogP contribution in [-0.2, 0) is 14.2 Å². The molecular weight excluding hydrogens is 370 g/mol. The Morgan fingerprint density at radius 2 is 2.07 bits per heavy atom. The number of hydrogen-bond donors (Lipinski definition) is 2. The van der Waals surface area contributed by atoms with Gasteiger partial charge in [-0.3, -0.25) is 10.2 Å². The lowest BCUT2D eigenvalue weighted by Crippen LogP contribution is -2.39. The van der Waals surface area contributed by atoms with Crippen molar-refractivity contribution in [2.75, 3.05) is 72.1 Å². The van der Waals surface area contributed by atoms with Gasteiger partial charge in [-0.15, -0.1) is 0 Å². The maximum absolute atomic E-state index is 6.64. The zero-order valence-corrected chi connectivity index (χ0v) is 16.7. The van der Waals surface area contributed by atoms with E-state index in [0.29, 0.717) is 30.5 Å². The van der Waals surface area contributed by atoms with E-state index in [1.54, 1.807) is 14.2 Å². The molecule has 2 aliphatic heterocycles. The highest BCUT2D eigenvalue weighted by atomic mass is 35.5. The summed E-state index contributed by atoms with van der Waals surface area (Å²) in [4.78, 5) is 2.33. The van der Waals surface area contributed by atoms with Gasteiger partial charge < -0.3 is 24.3 Å². The topological polar surface area (TPSA) is 64.2 Å². The predicted molar refractivity (Wildman–Crippen MR) is 106 cm³/mol. The molecule has 0 amide bonds. The van der Waals surface area contributed by atoms with Gasteiger partial charge in [-0.2, -0.15) is 0 Å². The molecule has 1 aromatic rings. The van der Waals surface area contributed by atoms with Crippen LogP contribution in [0.25, 0.3) is 5.76 Å². The largest absolute Gasteiger partial charge is 0.496 e. The third-order valence-corrected chi connectivity index (χ3v) is 5.02. The number of nitrogens with one attached hydrogen (secondary N) is 2. The zero-order valence-electron chi connectivity index (χ0n) is 15.9. The number of fused-ring (bicyclic) bond motifs is 1. The Kier molecular flexibility index (Phi) is 7.60. The standard InChI is InChI=1S/C19H28ClN3O4/c1-24-9-5-21-17-13-16(25-2)14-3-4-15(18(20)19(14)22-17)27-12-8-23-6-10-26-11-7-23/h3-4,13,17,21-22H,5-12H2,1-2H3. The summed E-state index contributed by atoms with van der Waals surface area (Å²) in [5.74, 6) is 1.45. The molecule has 0 saturated carbocycles. The van der Waals surface area contributed by atoms with Crippen molar-refractivity contribution in [1.82, 2.24) is 10.2 Å². The van der Waals surface area contributed by atoms with E-state index >= 15 is 0 Å². The van der Waals surface area contributed by atoms with Gasteiger partial charge in [0.05, 0.1) is 32.6 Å². The summed E-state index contributed by atoms with van der Waals surface area (Å²) in [6, 6.07) is 3.87. The molecule has 150 valence electrons. The molecule has 1 unspecified atom stereocenters. The molecule has 0 spiro atoms. The molecule has 2 aliphatic rings. The van der Waals surface area contributed by atoms with Crippen LogP contribution in [0.3, 0.4) is 0 Å². The molecule has 2 heterocycles. The number of hydrogen-bond acceptors (Lipinski definition) is 7. The Labute approximate surface area is 165 Å². The summed E-state index contributed by atoms with van der Waals surface area (Å²) < 4.78 is 22.0. The fraction of sp³-hybridized carbons (Fsp3) is 0.579. The van der Waals surface area contributed by atoms with E-state index in [1.807, 2.05) is 18.2 Å². The summed E-state index contributed by atoms with van der Waals surface area (Å²) in [5, 5.41) is 7.32. The van der Waals surface area contributed by atoms with Crippen molar-refractivity contribution in [2.24, 2.45) is 0 Å². The number of methoxy groups -OCH3 is 2. The van der Waals surface area contributed by atoms with Gasteiger partial charge >= 0.3 is 0 Å². The molecule has 2 N–H and O–H groups in total. The first-order valence-corrected chi connectivity index (χ1v) is 9.61. The number of nitrogens with zero attached hydrogens (tertiary/aromatic N) is 1.